The Balaban J connectivity index is 2.62. The number of pyridine rings is 1. The van der Waals surface area contributed by atoms with Crippen molar-refractivity contribution < 1.29 is 13.9 Å². The second-order valence-corrected chi connectivity index (χ2v) is 3.84. The van der Waals surface area contributed by atoms with Gasteiger partial charge in [-0.25, -0.2) is 4.39 Å². The predicted molar refractivity (Wildman–Crippen MR) is 62.2 cm³/mol. The average molecular weight is 233 g/mol. The molecule has 0 atom stereocenters. The van der Waals surface area contributed by atoms with Crippen molar-refractivity contribution in [2.45, 2.75) is 13.3 Å². The summed E-state index contributed by atoms with van der Waals surface area (Å²) in [7, 11) is 1.31. The fourth-order valence-corrected chi connectivity index (χ4v) is 1.78. The Labute approximate surface area is 98.2 Å². The third-order valence-electron chi connectivity index (χ3n) is 2.67. The van der Waals surface area contributed by atoms with E-state index < -0.39 is 5.97 Å². The molecule has 0 spiro atoms. The van der Waals surface area contributed by atoms with Gasteiger partial charge in [0.05, 0.1) is 19.0 Å². The molecule has 0 unspecified atom stereocenters. The van der Waals surface area contributed by atoms with Crippen molar-refractivity contribution in [3.05, 3.63) is 41.3 Å². The third-order valence-corrected chi connectivity index (χ3v) is 2.67. The van der Waals surface area contributed by atoms with E-state index in [1.807, 2.05) is 13.0 Å². The van der Waals surface area contributed by atoms with Gasteiger partial charge in [0.15, 0.2) is 0 Å². The molecule has 0 fully saturated rings. The average Bonchev–Trinajstić information content (AvgIpc) is 2.30. The lowest BCUT2D eigenvalue weighted by molar-refractivity contribution is -0.139. The van der Waals surface area contributed by atoms with Crippen LogP contribution in [0, 0.1) is 12.7 Å². The van der Waals surface area contributed by atoms with Crippen LogP contribution in [0.5, 0.6) is 0 Å². The Morgan fingerprint density at radius 2 is 2.24 bits per heavy atom. The number of carbonyl (C=O) groups is 1. The van der Waals surface area contributed by atoms with Gasteiger partial charge in [-0.15, -0.1) is 0 Å². The molecule has 0 saturated carbocycles. The Hall–Kier alpha value is -1.97. The number of benzene rings is 1. The maximum atomic E-state index is 13.5. The minimum atomic E-state index is -0.403. The van der Waals surface area contributed by atoms with Crippen molar-refractivity contribution >= 4 is 16.9 Å². The van der Waals surface area contributed by atoms with Gasteiger partial charge < -0.3 is 4.74 Å². The summed E-state index contributed by atoms with van der Waals surface area (Å²) in [6.45, 7) is 1.88. The van der Waals surface area contributed by atoms with Crippen molar-refractivity contribution in [1.82, 2.24) is 4.98 Å². The van der Waals surface area contributed by atoms with Crippen molar-refractivity contribution in [3.8, 4) is 0 Å². The molecule has 17 heavy (non-hydrogen) atoms. The first-order valence-corrected chi connectivity index (χ1v) is 5.22. The lowest BCUT2D eigenvalue weighted by Crippen LogP contribution is -2.06. The van der Waals surface area contributed by atoms with Crippen LogP contribution in [0.3, 0.4) is 0 Å². The van der Waals surface area contributed by atoms with Gasteiger partial charge in [-0.1, -0.05) is 0 Å². The van der Waals surface area contributed by atoms with Crippen LogP contribution in [-0.2, 0) is 16.0 Å². The number of halogens is 1. The number of methoxy groups -OCH3 is 1. The second-order valence-electron chi connectivity index (χ2n) is 3.84. The van der Waals surface area contributed by atoms with Gasteiger partial charge in [0, 0.05) is 11.6 Å². The Bertz CT molecular complexity index is 581. The molecule has 3 nitrogen and oxygen atoms in total. The SMILES string of the molecule is COC(=O)Cc1cc(F)cc2c(C)ccnc12. The highest BCUT2D eigenvalue weighted by atomic mass is 19.1. The molecular weight excluding hydrogens is 221 g/mol. The topological polar surface area (TPSA) is 39.2 Å². The zero-order valence-corrected chi connectivity index (χ0v) is 9.66. The van der Waals surface area contributed by atoms with Gasteiger partial charge in [-0.3, -0.25) is 9.78 Å². The van der Waals surface area contributed by atoms with Gasteiger partial charge >= 0.3 is 5.97 Å². The van der Waals surface area contributed by atoms with E-state index in [-0.39, 0.29) is 12.2 Å². The molecular formula is C13H12FNO2. The summed E-state index contributed by atoms with van der Waals surface area (Å²) < 4.78 is 18.0. The van der Waals surface area contributed by atoms with Crippen molar-refractivity contribution in [2.24, 2.45) is 0 Å². The fourth-order valence-electron chi connectivity index (χ4n) is 1.78. The number of carbonyl (C=O) groups excluding carboxylic acids is 1. The van der Waals surface area contributed by atoms with Crippen molar-refractivity contribution in [1.29, 1.82) is 0 Å². The van der Waals surface area contributed by atoms with Gasteiger partial charge in [-0.05, 0) is 36.2 Å². The number of aromatic nitrogens is 1. The maximum Gasteiger partial charge on any atom is 0.310 e. The van der Waals surface area contributed by atoms with Crippen LogP contribution in [-0.4, -0.2) is 18.1 Å². The maximum absolute atomic E-state index is 13.5. The molecule has 0 aliphatic heterocycles. The monoisotopic (exact) mass is 233 g/mol. The molecule has 0 aliphatic carbocycles. The summed E-state index contributed by atoms with van der Waals surface area (Å²) in [5.41, 5.74) is 2.13. The Morgan fingerprint density at radius 3 is 2.94 bits per heavy atom. The highest BCUT2D eigenvalue weighted by molar-refractivity contribution is 5.88. The predicted octanol–water partition coefficient (Wildman–Crippen LogP) is 2.40. The van der Waals surface area contributed by atoms with Crippen LogP contribution in [0.2, 0.25) is 0 Å². The number of hydrogen-bond acceptors (Lipinski definition) is 3. The fraction of sp³-hybridized carbons (Fsp3) is 0.231. The molecule has 0 radical (unpaired) electrons. The van der Waals surface area contributed by atoms with Crippen LogP contribution < -0.4 is 0 Å². The summed E-state index contributed by atoms with van der Waals surface area (Å²) in [5, 5.41) is 0.728. The van der Waals surface area contributed by atoms with Gasteiger partial charge in [0.1, 0.15) is 5.82 Å². The van der Waals surface area contributed by atoms with Crippen molar-refractivity contribution in [2.75, 3.05) is 7.11 Å². The lowest BCUT2D eigenvalue weighted by Gasteiger charge is -2.07. The molecule has 1 aromatic carbocycles. The molecule has 88 valence electrons. The summed E-state index contributed by atoms with van der Waals surface area (Å²) in [6, 6.07) is 4.56. The molecule has 0 saturated heterocycles. The van der Waals surface area contributed by atoms with E-state index in [1.165, 1.54) is 19.2 Å². The second kappa shape index (κ2) is 4.49. The van der Waals surface area contributed by atoms with E-state index in [2.05, 4.69) is 9.72 Å². The molecule has 2 aromatic rings. The molecule has 0 amide bonds. The number of rotatable bonds is 2. The molecule has 2 rings (SSSR count). The first-order valence-electron chi connectivity index (χ1n) is 5.22. The lowest BCUT2D eigenvalue weighted by atomic mass is 10.0. The minimum Gasteiger partial charge on any atom is -0.469 e. The van der Waals surface area contributed by atoms with Crippen LogP contribution in [0.4, 0.5) is 4.39 Å². The highest BCUT2D eigenvalue weighted by Gasteiger charge is 2.11. The summed E-state index contributed by atoms with van der Waals surface area (Å²) in [6.07, 6.45) is 1.68. The largest absolute Gasteiger partial charge is 0.469 e. The van der Waals surface area contributed by atoms with Gasteiger partial charge in [0.25, 0.3) is 0 Å². The van der Waals surface area contributed by atoms with Gasteiger partial charge in [0.2, 0.25) is 0 Å². The number of aryl methyl sites for hydroxylation is 1. The molecule has 1 heterocycles. The van der Waals surface area contributed by atoms with E-state index in [1.54, 1.807) is 6.20 Å². The number of nitrogens with zero attached hydrogens (tertiary/aromatic N) is 1. The minimum absolute atomic E-state index is 0.0290. The van der Waals surface area contributed by atoms with Crippen LogP contribution >= 0.6 is 0 Å². The summed E-state index contributed by atoms with van der Waals surface area (Å²) >= 11 is 0. The van der Waals surface area contributed by atoms with E-state index in [0.29, 0.717) is 11.1 Å². The third kappa shape index (κ3) is 2.25. The number of ether oxygens (including phenoxy) is 1. The molecule has 0 bridgehead atoms. The van der Waals surface area contributed by atoms with Crippen LogP contribution in [0.1, 0.15) is 11.1 Å². The first-order chi connectivity index (χ1) is 8.11. The van der Waals surface area contributed by atoms with E-state index in [0.717, 1.165) is 10.9 Å². The van der Waals surface area contributed by atoms with Crippen molar-refractivity contribution in [3.63, 3.8) is 0 Å². The Morgan fingerprint density at radius 1 is 1.47 bits per heavy atom. The molecule has 0 aliphatic rings. The molecule has 1 aromatic heterocycles. The Kier molecular flexibility index (Phi) is 3.04. The first kappa shape index (κ1) is 11.5. The van der Waals surface area contributed by atoms with E-state index in [9.17, 15) is 9.18 Å². The highest BCUT2D eigenvalue weighted by Crippen LogP contribution is 2.22. The van der Waals surface area contributed by atoms with Gasteiger partial charge in [-0.2, -0.15) is 0 Å². The van der Waals surface area contributed by atoms with E-state index >= 15 is 0 Å². The standard InChI is InChI=1S/C13H12FNO2/c1-8-3-4-15-13-9(6-12(16)17-2)5-10(14)7-11(8)13/h3-5,7H,6H2,1-2H3. The zero-order chi connectivity index (χ0) is 12.4. The number of fused-ring (bicyclic) bond motifs is 1. The molecule has 0 N–H and O–H groups in total. The van der Waals surface area contributed by atoms with Crippen LogP contribution in [0.15, 0.2) is 24.4 Å². The number of esters is 1. The van der Waals surface area contributed by atoms with Crippen LogP contribution in [0.25, 0.3) is 10.9 Å². The quantitative estimate of drug-likeness (QED) is 0.748. The summed E-state index contributed by atoms with van der Waals surface area (Å²) in [4.78, 5) is 15.4. The smallest absolute Gasteiger partial charge is 0.310 e. The number of hydrogen-bond donors (Lipinski definition) is 0. The molecule has 4 heteroatoms. The summed E-state index contributed by atoms with van der Waals surface area (Å²) in [5.74, 6) is -0.771. The zero-order valence-electron chi connectivity index (χ0n) is 9.66. The van der Waals surface area contributed by atoms with E-state index in [4.69, 9.17) is 0 Å². The normalized spacial score (nSPS) is 10.5.